The summed E-state index contributed by atoms with van der Waals surface area (Å²) in [7, 11) is 0. The Morgan fingerprint density at radius 3 is 2.44 bits per heavy atom. The predicted octanol–water partition coefficient (Wildman–Crippen LogP) is 0.533. The van der Waals surface area contributed by atoms with E-state index in [0.717, 1.165) is 25.9 Å². The second-order valence-corrected chi connectivity index (χ2v) is 6.12. The molecule has 1 aromatic heterocycles. The van der Waals surface area contributed by atoms with Crippen LogP contribution >= 0.6 is 11.6 Å². The third-order valence-electron chi connectivity index (χ3n) is 3.87. The van der Waals surface area contributed by atoms with Crippen LogP contribution in [0.1, 0.15) is 32.6 Å². The van der Waals surface area contributed by atoms with Gasteiger partial charge >= 0.3 is 5.97 Å². The smallest absolute Gasteiger partial charge is 0.341 e. The molecule has 3 heterocycles. The van der Waals surface area contributed by atoms with Gasteiger partial charge in [-0.1, -0.05) is 0 Å². The predicted molar refractivity (Wildman–Crippen MR) is 86.5 cm³/mol. The lowest BCUT2D eigenvalue weighted by molar-refractivity contribution is -0.197. The van der Waals surface area contributed by atoms with Gasteiger partial charge in [-0.05, 0) is 31.4 Å². The lowest BCUT2D eigenvalue weighted by atomic mass is 10.3. The zero-order valence-corrected chi connectivity index (χ0v) is 14.3. The van der Waals surface area contributed by atoms with E-state index in [1.54, 1.807) is 0 Å². The van der Waals surface area contributed by atoms with Crippen molar-refractivity contribution < 1.29 is 19.2 Å². The number of hydrogen-bond acceptors (Lipinski definition) is 9. The van der Waals surface area contributed by atoms with Gasteiger partial charge in [0, 0.05) is 25.9 Å². The van der Waals surface area contributed by atoms with Crippen LogP contribution in [0.5, 0.6) is 0 Å². The Morgan fingerprint density at radius 2 is 1.80 bits per heavy atom. The van der Waals surface area contributed by atoms with Crippen molar-refractivity contribution in [2.75, 3.05) is 23.3 Å². The van der Waals surface area contributed by atoms with Gasteiger partial charge in [-0.2, -0.15) is 15.0 Å². The first-order chi connectivity index (χ1) is 11.9. The lowest BCUT2D eigenvalue weighted by Crippen LogP contribution is -2.38. The maximum Gasteiger partial charge on any atom is 0.354 e. The summed E-state index contributed by atoms with van der Waals surface area (Å²) < 4.78 is 0. The maximum atomic E-state index is 12.1. The van der Waals surface area contributed by atoms with E-state index < -0.39 is 23.8 Å². The van der Waals surface area contributed by atoms with Gasteiger partial charge in [-0.3, -0.25) is 9.59 Å². The van der Waals surface area contributed by atoms with Crippen molar-refractivity contribution in [2.24, 2.45) is 0 Å². The second-order valence-electron chi connectivity index (χ2n) is 5.78. The summed E-state index contributed by atoms with van der Waals surface area (Å²) in [5.74, 6) is -1.33. The Labute approximate surface area is 148 Å². The van der Waals surface area contributed by atoms with Crippen LogP contribution < -0.4 is 10.2 Å². The largest absolute Gasteiger partial charge is 0.354 e. The number of nitrogens with zero attached hydrogens (tertiary/aromatic N) is 5. The maximum absolute atomic E-state index is 12.1. The van der Waals surface area contributed by atoms with E-state index in [0.29, 0.717) is 11.0 Å². The highest BCUT2D eigenvalue weighted by Gasteiger charge is 2.34. The van der Waals surface area contributed by atoms with Crippen molar-refractivity contribution in [1.29, 1.82) is 0 Å². The molecule has 10 nitrogen and oxygen atoms in total. The topological polar surface area (TPSA) is 118 Å². The van der Waals surface area contributed by atoms with Crippen molar-refractivity contribution >= 4 is 41.3 Å². The Balaban J connectivity index is 1.65. The molecule has 1 N–H and O–H groups in total. The molecule has 11 heteroatoms. The highest BCUT2D eigenvalue weighted by Crippen LogP contribution is 2.19. The molecule has 0 unspecified atom stereocenters. The molecule has 2 amide bonds. The fourth-order valence-corrected chi connectivity index (χ4v) is 2.70. The number of nitrogens with one attached hydrogen (secondary N) is 1. The van der Waals surface area contributed by atoms with Crippen LogP contribution in [0.4, 0.5) is 11.9 Å². The Morgan fingerprint density at radius 1 is 1.16 bits per heavy atom. The normalized spacial score (nSPS) is 18.6. The molecule has 0 spiro atoms. The quantitative estimate of drug-likeness (QED) is 0.742. The van der Waals surface area contributed by atoms with Crippen LogP contribution in [0.3, 0.4) is 0 Å². The number of halogens is 1. The number of carbonyl (C=O) groups excluding carboxylic acids is 3. The lowest BCUT2D eigenvalue weighted by Gasteiger charge is -2.18. The molecular formula is C14H17ClN6O4. The van der Waals surface area contributed by atoms with E-state index in [1.165, 1.54) is 6.92 Å². The van der Waals surface area contributed by atoms with E-state index in [-0.39, 0.29) is 24.1 Å². The number of anilines is 2. The average molecular weight is 369 g/mol. The highest BCUT2D eigenvalue weighted by atomic mass is 35.5. The Bertz CT molecular complexity index is 693. The summed E-state index contributed by atoms with van der Waals surface area (Å²) in [5, 5.41) is 3.25. The molecule has 2 saturated heterocycles. The van der Waals surface area contributed by atoms with Gasteiger partial charge in [0.15, 0.2) is 0 Å². The van der Waals surface area contributed by atoms with Gasteiger partial charge in [-0.15, -0.1) is 5.06 Å². The zero-order valence-electron chi connectivity index (χ0n) is 13.6. The first-order valence-electron chi connectivity index (χ1n) is 7.94. The van der Waals surface area contributed by atoms with Crippen molar-refractivity contribution in [1.82, 2.24) is 20.0 Å². The number of hydrogen-bond donors (Lipinski definition) is 1. The molecule has 134 valence electrons. The molecule has 3 rings (SSSR count). The number of imide groups is 1. The second kappa shape index (κ2) is 7.18. The average Bonchev–Trinajstić information content (AvgIpc) is 3.20. The molecule has 1 atom stereocenters. The van der Waals surface area contributed by atoms with Crippen molar-refractivity contribution in [3.8, 4) is 0 Å². The van der Waals surface area contributed by atoms with E-state index >= 15 is 0 Å². The molecule has 0 radical (unpaired) electrons. The fourth-order valence-electron chi connectivity index (χ4n) is 2.54. The van der Waals surface area contributed by atoms with Crippen LogP contribution in [0.25, 0.3) is 0 Å². The first-order valence-corrected chi connectivity index (χ1v) is 8.32. The van der Waals surface area contributed by atoms with Crippen LogP contribution in [0, 0.1) is 0 Å². The van der Waals surface area contributed by atoms with E-state index in [1.807, 2.05) is 4.90 Å². The summed E-state index contributed by atoms with van der Waals surface area (Å²) >= 11 is 5.92. The van der Waals surface area contributed by atoms with Gasteiger partial charge < -0.3 is 15.1 Å². The molecule has 0 aromatic carbocycles. The third kappa shape index (κ3) is 3.95. The SMILES string of the molecule is C[C@H](Nc1nc(Cl)nc(N2CCCC2)n1)C(=O)ON1C(=O)CCC1=O. The molecular weight excluding hydrogens is 352 g/mol. The Kier molecular flexibility index (Phi) is 4.98. The van der Waals surface area contributed by atoms with Gasteiger partial charge in [0.05, 0.1) is 0 Å². The third-order valence-corrected chi connectivity index (χ3v) is 4.04. The van der Waals surface area contributed by atoms with Gasteiger partial charge in [0.1, 0.15) is 6.04 Å². The number of hydroxylamine groups is 2. The van der Waals surface area contributed by atoms with Crippen LogP contribution in [-0.4, -0.2) is 56.9 Å². The van der Waals surface area contributed by atoms with Crippen molar-refractivity contribution in [2.45, 2.75) is 38.6 Å². The zero-order chi connectivity index (χ0) is 18.0. The molecule has 1 aromatic rings. The molecule has 0 bridgehead atoms. The molecule has 2 aliphatic heterocycles. The van der Waals surface area contributed by atoms with Gasteiger partial charge in [-0.25, -0.2) is 4.79 Å². The fraction of sp³-hybridized carbons (Fsp3) is 0.571. The first kappa shape index (κ1) is 17.3. The van der Waals surface area contributed by atoms with Crippen molar-refractivity contribution in [3.05, 3.63) is 5.28 Å². The molecule has 2 aliphatic rings. The standard InChI is InChI=1S/C14H17ClN6O4/c1-8(11(24)25-21-9(22)4-5-10(21)23)16-13-17-12(15)18-14(19-13)20-6-2-3-7-20/h8H,2-7H2,1H3,(H,16,17,18,19)/t8-/m0/s1. The molecule has 25 heavy (non-hydrogen) atoms. The van der Waals surface area contributed by atoms with Crippen LogP contribution in [0.2, 0.25) is 5.28 Å². The van der Waals surface area contributed by atoms with Gasteiger partial charge in [0.25, 0.3) is 11.8 Å². The minimum atomic E-state index is -0.897. The molecule has 0 saturated carbocycles. The summed E-state index contributed by atoms with van der Waals surface area (Å²) in [6, 6.07) is -0.897. The summed E-state index contributed by atoms with van der Waals surface area (Å²) in [6.45, 7) is 3.16. The number of rotatable bonds is 5. The number of aromatic nitrogens is 3. The molecule has 0 aliphatic carbocycles. The van der Waals surface area contributed by atoms with Crippen LogP contribution in [-0.2, 0) is 19.2 Å². The summed E-state index contributed by atoms with van der Waals surface area (Å²) in [4.78, 5) is 54.2. The number of carbonyl (C=O) groups is 3. The Hall–Kier alpha value is -2.49. The highest BCUT2D eigenvalue weighted by molar-refractivity contribution is 6.28. The number of amides is 2. The summed E-state index contributed by atoms with van der Waals surface area (Å²) in [6.07, 6.45) is 2.17. The molecule has 2 fully saturated rings. The van der Waals surface area contributed by atoms with E-state index in [9.17, 15) is 14.4 Å². The van der Waals surface area contributed by atoms with Gasteiger partial charge in [0.2, 0.25) is 17.2 Å². The van der Waals surface area contributed by atoms with Crippen molar-refractivity contribution in [3.63, 3.8) is 0 Å². The monoisotopic (exact) mass is 368 g/mol. The van der Waals surface area contributed by atoms with Crippen LogP contribution in [0.15, 0.2) is 0 Å². The minimum absolute atomic E-state index is 0.00451. The minimum Gasteiger partial charge on any atom is -0.341 e. The summed E-state index contributed by atoms with van der Waals surface area (Å²) in [5.41, 5.74) is 0. The van der Waals surface area contributed by atoms with E-state index in [4.69, 9.17) is 16.4 Å². The van der Waals surface area contributed by atoms with E-state index in [2.05, 4.69) is 20.3 Å².